The number of nitrogens with one attached hydrogen (secondary N) is 1. The van der Waals surface area contributed by atoms with Crippen molar-refractivity contribution in [2.45, 2.75) is 46.6 Å². The summed E-state index contributed by atoms with van der Waals surface area (Å²) < 4.78 is 11.0. The summed E-state index contributed by atoms with van der Waals surface area (Å²) in [5.41, 5.74) is 4.64. The van der Waals surface area contributed by atoms with Gasteiger partial charge in [-0.05, 0) is 62.9 Å². The predicted molar refractivity (Wildman–Crippen MR) is 125 cm³/mol. The lowest BCUT2D eigenvalue weighted by atomic mass is 10.1. The standard InChI is InChI=1S/C26H29N3O4/c1-17-7-6-8-22(26(31)29-13-4-5-14-29)25(17)27-24(30)15-20-9-11-21(12-10-20)32-16-23-18(2)28-33-19(23)3/h6-12H,4-5,13-16H2,1-3H3,(H,27,30). The average Bonchev–Trinajstić information content (AvgIpc) is 3.45. The number of aromatic nitrogens is 1. The van der Waals surface area contributed by atoms with Crippen molar-refractivity contribution in [1.82, 2.24) is 10.1 Å². The molecule has 1 fully saturated rings. The zero-order valence-corrected chi connectivity index (χ0v) is 19.3. The van der Waals surface area contributed by atoms with Gasteiger partial charge in [0.05, 0.1) is 28.9 Å². The van der Waals surface area contributed by atoms with Gasteiger partial charge < -0.3 is 19.5 Å². The van der Waals surface area contributed by atoms with E-state index in [0.29, 0.717) is 23.6 Å². The molecular weight excluding hydrogens is 418 g/mol. The lowest BCUT2D eigenvalue weighted by Gasteiger charge is -2.19. The number of benzene rings is 2. The van der Waals surface area contributed by atoms with Gasteiger partial charge >= 0.3 is 0 Å². The maximum Gasteiger partial charge on any atom is 0.255 e. The van der Waals surface area contributed by atoms with E-state index in [-0.39, 0.29) is 18.2 Å². The number of hydrogen-bond acceptors (Lipinski definition) is 5. The molecule has 1 saturated heterocycles. The number of carbonyl (C=O) groups excluding carboxylic acids is 2. The first-order valence-corrected chi connectivity index (χ1v) is 11.2. The van der Waals surface area contributed by atoms with Crippen LogP contribution >= 0.6 is 0 Å². The Hall–Kier alpha value is -3.61. The van der Waals surface area contributed by atoms with Crippen LogP contribution in [0.3, 0.4) is 0 Å². The van der Waals surface area contributed by atoms with Crippen LogP contribution < -0.4 is 10.1 Å². The number of rotatable bonds is 7. The summed E-state index contributed by atoms with van der Waals surface area (Å²) in [7, 11) is 0. The molecule has 1 aliphatic heterocycles. The second-order valence-electron chi connectivity index (χ2n) is 8.46. The molecule has 1 aromatic heterocycles. The predicted octanol–water partition coefficient (Wildman–Crippen LogP) is 4.60. The topological polar surface area (TPSA) is 84.7 Å². The monoisotopic (exact) mass is 447 g/mol. The minimum Gasteiger partial charge on any atom is -0.489 e. The van der Waals surface area contributed by atoms with E-state index in [2.05, 4.69) is 10.5 Å². The number of anilines is 1. The zero-order valence-electron chi connectivity index (χ0n) is 19.3. The van der Waals surface area contributed by atoms with Gasteiger partial charge in [-0.2, -0.15) is 0 Å². The molecule has 0 atom stereocenters. The van der Waals surface area contributed by atoms with Gasteiger partial charge in [0, 0.05) is 13.1 Å². The normalized spacial score (nSPS) is 13.2. The quantitative estimate of drug-likeness (QED) is 0.572. The maximum absolute atomic E-state index is 12.9. The Morgan fingerprint density at radius 1 is 1.06 bits per heavy atom. The zero-order chi connectivity index (χ0) is 23.4. The molecule has 0 unspecified atom stereocenters. The van der Waals surface area contributed by atoms with Gasteiger partial charge in [0.15, 0.2) is 0 Å². The Balaban J connectivity index is 1.38. The Morgan fingerprint density at radius 3 is 2.45 bits per heavy atom. The van der Waals surface area contributed by atoms with Crippen molar-refractivity contribution in [2.24, 2.45) is 0 Å². The molecule has 0 saturated carbocycles. The molecule has 7 nitrogen and oxygen atoms in total. The van der Waals surface area contributed by atoms with Gasteiger partial charge in [0.25, 0.3) is 5.91 Å². The van der Waals surface area contributed by atoms with Crippen LogP contribution in [0.1, 0.15) is 51.3 Å². The van der Waals surface area contributed by atoms with Crippen LogP contribution in [0.2, 0.25) is 0 Å². The van der Waals surface area contributed by atoms with E-state index in [4.69, 9.17) is 9.26 Å². The van der Waals surface area contributed by atoms with E-state index in [0.717, 1.165) is 54.1 Å². The largest absolute Gasteiger partial charge is 0.489 e. The Bertz CT molecular complexity index is 1130. The van der Waals surface area contributed by atoms with E-state index >= 15 is 0 Å². The lowest BCUT2D eigenvalue weighted by Crippen LogP contribution is -2.29. The highest BCUT2D eigenvalue weighted by atomic mass is 16.5. The van der Waals surface area contributed by atoms with Crippen molar-refractivity contribution in [3.05, 3.63) is 76.2 Å². The number of aryl methyl sites for hydroxylation is 3. The number of hydrogen-bond donors (Lipinski definition) is 1. The summed E-state index contributed by atoms with van der Waals surface area (Å²) in [6.07, 6.45) is 2.25. The highest BCUT2D eigenvalue weighted by Gasteiger charge is 2.23. The fourth-order valence-corrected chi connectivity index (χ4v) is 4.04. The highest BCUT2D eigenvalue weighted by molar-refractivity contribution is 6.05. The molecule has 0 radical (unpaired) electrons. The average molecular weight is 448 g/mol. The third kappa shape index (κ3) is 5.25. The van der Waals surface area contributed by atoms with Crippen molar-refractivity contribution in [2.75, 3.05) is 18.4 Å². The molecule has 2 amide bonds. The molecule has 3 aromatic rings. The van der Waals surface area contributed by atoms with Crippen molar-refractivity contribution < 1.29 is 18.8 Å². The van der Waals surface area contributed by atoms with Gasteiger partial charge in [-0.3, -0.25) is 9.59 Å². The number of para-hydroxylation sites is 1. The van der Waals surface area contributed by atoms with Crippen LogP contribution in [0.5, 0.6) is 5.75 Å². The molecule has 2 heterocycles. The molecular formula is C26H29N3O4. The smallest absolute Gasteiger partial charge is 0.255 e. The first kappa shape index (κ1) is 22.6. The van der Waals surface area contributed by atoms with Crippen molar-refractivity contribution >= 4 is 17.5 Å². The van der Waals surface area contributed by atoms with Gasteiger partial charge in [-0.15, -0.1) is 0 Å². The fraction of sp³-hybridized carbons (Fsp3) is 0.346. The Kier molecular flexibility index (Phi) is 6.77. The summed E-state index contributed by atoms with van der Waals surface area (Å²) in [4.78, 5) is 27.6. The van der Waals surface area contributed by atoms with Gasteiger partial charge in [0.2, 0.25) is 5.91 Å². The van der Waals surface area contributed by atoms with Gasteiger partial charge in [-0.1, -0.05) is 29.4 Å². The minimum atomic E-state index is -0.163. The van der Waals surface area contributed by atoms with E-state index in [9.17, 15) is 9.59 Å². The lowest BCUT2D eigenvalue weighted by molar-refractivity contribution is -0.115. The molecule has 1 N–H and O–H groups in total. The third-order valence-electron chi connectivity index (χ3n) is 6.01. The molecule has 2 aromatic carbocycles. The molecule has 172 valence electrons. The number of ether oxygens (including phenoxy) is 1. The summed E-state index contributed by atoms with van der Waals surface area (Å²) in [5.74, 6) is 1.27. The molecule has 0 aliphatic carbocycles. The number of likely N-dealkylation sites (tertiary alicyclic amines) is 1. The van der Waals surface area contributed by atoms with Crippen LogP contribution in [0, 0.1) is 20.8 Å². The summed E-state index contributed by atoms with van der Waals surface area (Å²) >= 11 is 0. The van der Waals surface area contributed by atoms with Crippen LogP contribution in [-0.4, -0.2) is 35.0 Å². The summed E-state index contributed by atoms with van der Waals surface area (Å²) in [5, 5.41) is 6.90. The van der Waals surface area contributed by atoms with E-state index in [1.54, 1.807) is 6.07 Å². The fourth-order valence-electron chi connectivity index (χ4n) is 4.04. The van der Waals surface area contributed by atoms with Crippen molar-refractivity contribution in [3.63, 3.8) is 0 Å². The van der Waals surface area contributed by atoms with Crippen LogP contribution in [0.25, 0.3) is 0 Å². The maximum atomic E-state index is 12.9. The van der Waals surface area contributed by atoms with E-state index in [1.165, 1.54) is 0 Å². The summed E-state index contributed by atoms with van der Waals surface area (Å²) in [6.45, 7) is 7.56. The van der Waals surface area contributed by atoms with Crippen LogP contribution in [0.15, 0.2) is 47.0 Å². The molecule has 4 rings (SSSR count). The van der Waals surface area contributed by atoms with E-state index in [1.807, 2.05) is 62.1 Å². The van der Waals surface area contributed by atoms with Gasteiger partial charge in [-0.25, -0.2) is 0 Å². The Morgan fingerprint density at radius 2 is 1.79 bits per heavy atom. The summed E-state index contributed by atoms with van der Waals surface area (Å²) in [6, 6.07) is 13.0. The van der Waals surface area contributed by atoms with Crippen LogP contribution in [0.4, 0.5) is 5.69 Å². The van der Waals surface area contributed by atoms with Crippen molar-refractivity contribution in [1.29, 1.82) is 0 Å². The van der Waals surface area contributed by atoms with Gasteiger partial charge in [0.1, 0.15) is 18.1 Å². The van der Waals surface area contributed by atoms with Crippen molar-refractivity contribution in [3.8, 4) is 5.75 Å². The second-order valence-corrected chi connectivity index (χ2v) is 8.46. The second kappa shape index (κ2) is 9.90. The van der Waals surface area contributed by atoms with E-state index < -0.39 is 0 Å². The number of carbonyl (C=O) groups is 2. The molecule has 33 heavy (non-hydrogen) atoms. The number of amides is 2. The van der Waals surface area contributed by atoms with Crippen LogP contribution in [-0.2, 0) is 17.8 Å². The number of nitrogens with zero attached hydrogens (tertiary/aromatic N) is 2. The minimum absolute atomic E-state index is 0.0219. The molecule has 0 bridgehead atoms. The third-order valence-corrected chi connectivity index (χ3v) is 6.01. The first-order valence-electron chi connectivity index (χ1n) is 11.2. The molecule has 1 aliphatic rings. The molecule has 7 heteroatoms. The SMILES string of the molecule is Cc1cccc(C(=O)N2CCCC2)c1NC(=O)Cc1ccc(OCc2c(C)noc2C)cc1. The Labute approximate surface area is 193 Å². The first-order chi connectivity index (χ1) is 15.9. The highest BCUT2D eigenvalue weighted by Crippen LogP contribution is 2.24. The molecule has 0 spiro atoms.